The lowest BCUT2D eigenvalue weighted by Gasteiger charge is -2.16. The molecule has 2 N–H and O–H groups in total. The van der Waals surface area contributed by atoms with Gasteiger partial charge in [0.05, 0.1) is 7.11 Å². The van der Waals surface area contributed by atoms with Gasteiger partial charge in [-0.05, 0) is 42.5 Å². The van der Waals surface area contributed by atoms with Gasteiger partial charge in [0.15, 0.2) is 0 Å². The van der Waals surface area contributed by atoms with Crippen LogP contribution in [0.3, 0.4) is 0 Å². The zero-order valence-corrected chi connectivity index (χ0v) is 17.5. The molecule has 0 unspecified atom stereocenters. The smallest absolute Gasteiger partial charge is 0.255 e. The van der Waals surface area contributed by atoms with Crippen molar-refractivity contribution in [3.05, 3.63) is 66.2 Å². The molecule has 156 valence electrons. The molecule has 1 saturated carbocycles. The second kappa shape index (κ2) is 8.45. The number of nitrogens with one attached hydrogen (secondary N) is 2. The number of rotatable bonds is 6. The molecule has 3 aromatic rings. The Morgan fingerprint density at radius 2 is 1.73 bits per heavy atom. The molecular formula is C23H24N2O4S. The number of sulfonamides is 1. The van der Waals surface area contributed by atoms with Crippen molar-refractivity contribution in [1.82, 2.24) is 4.72 Å². The van der Waals surface area contributed by atoms with Gasteiger partial charge in [-0.3, -0.25) is 4.79 Å². The van der Waals surface area contributed by atoms with Crippen molar-refractivity contribution in [1.29, 1.82) is 0 Å². The van der Waals surface area contributed by atoms with Crippen molar-refractivity contribution in [3.63, 3.8) is 0 Å². The van der Waals surface area contributed by atoms with E-state index in [1.807, 2.05) is 42.5 Å². The summed E-state index contributed by atoms with van der Waals surface area (Å²) in [7, 11) is -2.39. The van der Waals surface area contributed by atoms with E-state index in [2.05, 4.69) is 10.0 Å². The zero-order valence-electron chi connectivity index (χ0n) is 16.7. The molecule has 4 rings (SSSR count). The Bertz CT molecular complexity index is 1180. The molecule has 0 atom stereocenters. The van der Waals surface area contributed by atoms with E-state index in [0.717, 1.165) is 36.5 Å². The van der Waals surface area contributed by atoms with Crippen molar-refractivity contribution < 1.29 is 17.9 Å². The molecule has 0 aliphatic heterocycles. The first-order valence-electron chi connectivity index (χ1n) is 9.97. The van der Waals surface area contributed by atoms with E-state index >= 15 is 0 Å². The van der Waals surface area contributed by atoms with Gasteiger partial charge in [-0.15, -0.1) is 0 Å². The quantitative estimate of drug-likeness (QED) is 0.617. The fraction of sp³-hybridized carbons (Fsp3) is 0.261. The Hall–Kier alpha value is -2.90. The second-order valence-corrected chi connectivity index (χ2v) is 9.13. The average molecular weight is 425 g/mol. The van der Waals surface area contributed by atoms with Crippen molar-refractivity contribution >= 4 is 32.4 Å². The molecule has 0 saturated heterocycles. The van der Waals surface area contributed by atoms with Crippen LogP contribution in [-0.4, -0.2) is 27.5 Å². The molecule has 7 heteroatoms. The number of carbonyl (C=O) groups is 1. The molecule has 1 aliphatic carbocycles. The van der Waals surface area contributed by atoms with Crippen LogP contribution in [0.4, 0.5) is 5.69 Å². The van der Waals surface area contributed by atoms with E-state index in [1.54, 1.807) is 6.07 Å². The summed E-state index contributed by atoms with van der Waals surface area (Å²) in [6.07, 6.45) is 3.67. The highest BCUT2D eigenvalue weighted by atomic mass is 32.2. The molecule has 0 spiro atoms. The van der Waals surface area contributed by atoms with Gasteiger partial charge in [0, 0.05) is 22.7 Å². The summed E-state index contributed by atoms with van der Waals surface area (Å²) < 4.78 is 33.9. The van der Waals surface area contributed by atoms with Crippen molar-refractivity contribution in [2.24, 2.45) is 0 Å². The number of carbonyl (C=O) groups excluding carboxylic acids is 1. The zero-order chi connectivity index (χ0) is 21.1. The van der Waals surface area contributed by atoms with E-state index in [0.29, 0.717) is 5.69 Å². The summed E-state index contributed by atoms with van der Waals surface area (Å²) in [4.78, 5) is 12.9. The number of fused-ring (bicyclic) bond motifs is 1. The maximum absolute atomic E-state index is 13.0. The highest BCUT2D eigenvalue weighted by molar-refractivity contribution is 7.89. The van der Waals surface area contributed by atoms with Gasteiger partial charge >= 0.3 is 0 Å². The maximum atomic E-state index is 13.0. The lowest BCUT2D eigenvalue weighted by Crippen LogP contribution is -2.33. The Kier molecular flexibility index (Phi) is 5.74. The van der Waals surface area contributed by atoms with Crippen LogP contribution < -0.4 is 14.8 Å². The van der Waals surface area contributed by atoms with E-state index in [4.69, 9.17) is 4.74 Å². The number of ether oxygens (including phenoxy) is 1. The van der Waals surface area contributed by atoms with Crippen LogP contribution in [0.5, 0.6) is 5.75 Å². The van der Waals surface area contributed by atoms with Gasteiger partial charge in [0.1, 0.15) is 10.6 Å². The van der Waals surface area contributed by atoms with Crippen LogP contribution in [-0.2, 0) is 10.0 Å². The fourth-order valence-corrected chi connectivity index (χ4v) is 5.38. The third-order valence-corrected chi connectivity index (χ3v) is 6.97. The molecule has 6 nitrogen and oxygen atoms in total. The first-order chi connectivity index (χ1) is 14.5. The first-order valence-corrected chi connectivity index (χ1v) is 11.5. The lowest BCUT2D eigenvalue weighted by molar-refractivity contribution is 0.102. The van der Waals surface area contributed by atoms with Crippen LogP contribution in [0.25, 0.3) is 10.8 Å². The number of hydrogen-bond acceptors (Lipinski definition) is 4. The van der Waals surface area contributed by atoms with Crippen LogP contribution in [0.1, 0.15) is 36.0 Å². The van der Waals surface area contributed by atoms with Crippen LogP contribution in [0.2, 0.25) is 0 Å². The lowest BCUT2D eigenvalue weighted by atomic mass is 10.1. The molecule has 1 aliphatic rings. The normalized spacial score (nSPS) is 14.7. The molecule has 0 heterocycles. The minimum Gasteiger partial charge on any atom is -0.495 e. The molecule has 30 heavy (non-hydrogen) atoms. The minimum atomic E-state index is -3.81. The predicted octanol–water partition coefficient (Wildman–Crippen LogP) is 4.32. The van der Waals surface area contributed by atoms with Gasteiger partial charge in [0.25, 0.3) is 5.91 Å². The van der Waals surface area contributed by atoms with Crippen LogP contribution in [0, 0.1) is 0 Å². The van der Waals surface area contributed by atoms with E-state index in [9.17, 15) is 13.2 Å². The van der Waals surface area contributed by atoms with E-state index < -0.39 is 10.0 Å². The van der Waals surface area contributed by atoms with Gasteiger partial charge in [-0.1, -0.05) is 49.2 Å². The maximum Gasteiger partial charge on any atom is 0.255 e. The van der Waals surface area contributed by atoms with Crippen molar-refractivity contribution in [2.45, 2.75) is 36.6 Å². The monoisotopic (exact) mass is 424 g/mol. The number of amides is 1. The molecule has 1 amide bonds. The fourth-order valence-electron chi connectivity index (χ4n) is 3.88. The molecule has 0 bridgehead atoms. The van der Waals surface area contributed by atoms with Crippen LogP contribution >= 0.6 is 0 Å². The summed E-state index contributed by atoms with van der Waals surface area (Å²) in [5.74, 6) is -0.173. The van der Waals surface area contributed by atoms with Crippen molar-refractivity contribution in [2.75, 3.05) is 12.4 Å². The summed E-state index contributed by atoms with van der Waals surface area (Å²) in [5.41, 5.74) is 0.915. The largest absolute Gasteiger partial charge is 0.495 e. The van der Waals surface area contributed by atoms with Gasteiger partial charge < -0.3 is 10.1 Å². The first kappa shape index (κ1) is 20.4. The number of hydrogen-bond donors (Lipinski definition) is 2. The molecule has 1 fully saturated rings. The third-order valence-electron chi connectivity index (χ3n) is 5.43. The minimum absolute atomic E-state index is 0.0255. The standard InChI is InChI=1S/C23H24N2O4S/c1-29-21-14-13-17(15-22(21)30(27,28)25-18-9-3-4-10-18)23(26)24-20-12-6-8-16-7-2-5-11-19(16)20/h2,5-8,11-15,18,25H,3-4,9-10H2,1H3,(H,24,26). The number of methoxy groups -OCH3 is 1. The highest BCUT2D eigenvalue weighted by Crippen LogP contribution is 2.28. The molecular weight excluding hydrogens is 400 g/mol. The SMILES string of the molecule is COc1ccc(C(=O)Nc2cccc3ccccc23)cc1S(=O)(=O)NC1CCCC1. The van der Waals surface area contributed by atoms with Gasteiger partial charge in [-0.2, -0.15) is 0 Å². The number of anilines is 1. The summed E-state index contributed by atoms with van der Waals surface area (Å²) in [5, 5.41) is 4.82. The molecule has 0 radical (unpaired) electrons. The summed E-state index contributed by atoms with van der Waals surface area (Å²) in [6.45, 7) is 0. The van der Waals surface area contributed by atoms with Crippen LogP contribution in [0.15, 0.2) is 65.6 Å². The van der Waals surface area contributed by atoms with Gasteiger partial charge in [0.2, 0.25) is 10.0 Å². The Morgan fingerprint density at radius 3 is 2.50 bits per heavy atom. The average Bonchev–Trinajstić information content (AvgIpc) is 3.26. The summed E-state index contributed by atoms with van der Waals surface area (Å²) in [6, 6.07) is 17.8. The molecule has 0 aromatic heterocycles. The topological polar surface area (TPSA) is 84.5 Å². The van der Waals surface area contributed by atoms with Crippen molar-refractivity contribution in [3.8, 4) is 5.75 Å². The van der Waals surface area contributed by atoms with Gasteiger partial charge in [-0.25, -0.2) is 13.1 Å². The molecule has 3 aromatic carbocycles. The Balaban J connectivity index is 1.64. The second-order valence-electron chi connectivity index (χ2n) is 7.45. The number of benzene rings is 3. The predicted molar refractivity (Wildman–Crippen MR) is 117 cm³/mol. The van der Waals surface area contributed by atoms with E-state index in [1.165, 1.54) is 19.2 Å². The summed E-state index contributed by atoms with van der Waals surface area (Å²) >= 11 is 0. The Labute approximate surface area is 176 Å². The van der Waals surface area contributed by atoms with E-state index in [-0.39, 0.29) is 28.2 Å². The highest BCUT2D eigenvalue weighted by Gasteiger charge is 2.26. The Morgan fingerprint density at radius 1 is 1.00 bits per heavy atom. The third kappa shape index (κ3) is 4.17.